The van der Waals surface area contributed by atoms with Gasteiger partial charge < -0.3 is 4.74 Å². The fraction of sp³-hybridized carbons (Fsp3) is 0.524. The van der Waals surface area contributed by atoms with Crippen molar-refractivity contribution in [1.82, 2.24) is 15.4 Å². The van der Waals surface area contributed by atoms with E-state index in [1.807, 2.05) is 19.9 Å². The molecule has 0 spiro atoms. The number of hydrogen-bond donors (Lipinski definition) is 1. The largest absolute Gasteiger partial charge is 0.494 e. The van der Waals surface area contributed by atoms with Crippen LogP contribution in [0, 0.1) is 5.41 Å². The van der Waals surface area contributed by atoms with Gasteiger partial charge in [-0.3, -0.25) is 9.80 Å². The molecule has 1 aromatic heterocycles. The van der Waals surface area contributed by atoms with E-state index < -0.39 is 5.41 Å². The maximum atomic E-state index is 13.0. The summed E-state index contributed by atoms with van der Waals surface area (Å²) in [7, 11) is 1.67. The zero-order valence-corrected chi connectivity index (χ0v) is 18.1. The molecule has 0 radical (unpaired) electrons. The van der Waals surface area contributed by atoms with Crippen molar-refractivity contribution in [2.75, 3.05) is 19.0 Å². The van der Waals surface area contributed by atoms with Crippen LogP contribution < -0.4 is 10.2 Å². The number of nitrogens with zero attached hydrogens (tertiary/aromatic N) is 2. The third-order valence-corrected chi connectivity index (χ3v) is 5.93. The molecule has 6 heteroatoms. The number of unbranched alkanes of at least 4 members (excludes halogenated alkanes) is 1. The molecule has 2 heterocycles. The summed E-state index contributed by atoms with van der Waals surface area (Å²) >= 11 is 3.45. The molecule has 1 unspecified atom stereocenters. The second kappa shape index (κ2) is 8.15. The molecule has 2 aromatic rings. The molecule has 1 N–H and O–H groups in total. The van der Waals surface area contributed by atoms with Crippen molar-refractivity contribution in [3.63, 3.8) is 0 Å². The molecular formula is C21H28BrN3O2. The molecular weight excluding hydrogens is 406 g/mol. The van der Waals surface area contributed by atoms with Crippen molar-refractivity contribution in [2.24, 2.45) is 5.41 Å². The summed E-state index contributed by atoms with van der Waals surface area (Å²) in [6, 6.07) is 8.08. The molecule has 1 saturated heterocycles. The Balaban J connectivity index is 2.02. The lowest BCUT2D eigenvalue weighted by Gasteiger charge is -2.24. The standard InChI is InChI=1S/C21H28BrN3O2/c1-5-14-8-9-15-16(10-11-17(27-4)18(15)23-14)19-21(2,3)20(26)25(24-19)13-7-6-12-22/h8-11,19,24H,5-7,12-13H2,1-4H3. The van der Waals surface area contributed by atoms with E-state index in [-0.39, 0.29) is 11.9 Å². The van der Waals surface area contributed by atoms with Crippen LogP contribution in [-0.2, 0) is 11.2 Å². The van der Waals surface area contributed by atoms with E-state index in [4.69, 9.17) is 9.72 Å². The van der Waals surface area contributed by atoms with Crippen molar-refractivity contribution in [1.29, 1.82) is 0 Å². The summed E-state index contributed by atoms with van der Waals surface area (Å²) in [5.74, 6) is 0.907. The number of rotatable bonds is 7. The molecule has 5 nitrogen and oxygen atoms in total. The molecule has 1 aliphatic rings. The number of benzene rings is 1. The number of alkyl halides is 1. The van der Waals surface area contributed by atoms with Crippen molar-refractivity contribution in [3.8, 4) is 5.75 Å². The van der Waals surface area contributed by atoms with Gasteiger partial charge in [0.2, 0.25) is 5.91 Å². The fourth-order valence-electron chi connectivity index (χ4n) is 3.70. The highest BCUT2D eigenvalue weighted by Crippen LogP contribution is 2.43. The Morgan fingerprint density at radius 3 is 2.70 bits per heavy atom. The molecule has 146 valence electrons. The average molecular weight is 434 g/mol. The summed E-state index contributed by atoms with van der Waals surface area (Å²) in [6.45, 7) is 6.84. The first-order chi connectivity index (χ1) is 12.9. The molecule has 0 saturated carbocycles. The number of pyridine rings is 1. The number of ether oxygens (including phenoxy) is 1. The van der Waals surface area contributed by atoms with Gasteiger partial charge >= 0.3 is 0 Å². The van der Waals surface area contributed by atoms with E-state index >= 15 is 0 Å². The second-order valence-corrected chi connectivity index (χ2v) is 8.34. The van der Waals surface area contributed by atoms with Crippen LogP contribution in [-0.4, -0.2) is 34.9 Å². The highest BCUT2D eigenvalue weighted by Gasteiger charge is 2.48. The smallest absolute Gasteiger partial charge is 0.244 e. The minimum atomic E-state index is -0.528. The zero-order valence-electron chi connectivity index (χ0n) is 16.5. The second-order valence-electron chi connectivity index (χ2n) is 7.55. The normalized spacial score (nSPS) is 19.1. The number of amides is 1. The summed E-state index contributed by atoms with van der Waals surface area (Å²) < 4.78 is 5.54. The minimum Gasteiger partial charge on any atom is -0.494 e. The molecule has 1 aromatic carbocycles. The fourth-order valence-corrected chi connectivity index (χ4v) is 4.10. The van der Waals surface area contributed by atoms with Crippen LogP contribution in [0.5, 0.6) is 5.75 Å². The number of methoxy groups -OCH3 is 1. The lowest BCUT2D eigenvalue weighted by Crippen LogP contribution is -2.36. The molecule has 1 aliphatic heterocycles. The lowest BCUT2D eigenvalue weighted by atomic mass is 9.80. The molecule has 27 heavy (non-hydrogen) atoms. The van der Waals surface area contributed by atoms with Crippen molar-refractivity contribution in [2.45, 2.75) is 46.1 Å². The van der Waals surface area contributed by atoms with Gasteiger partial charge in [-0.2, -0.15) is 0 Å². The third-order valence-electron chi connectivity index (χ3n) is 5.37. The van der Waals surface area contributed by atoms with E-state index in [0.717, 1.165) is 59.0 Å². The Morgan fingerprint density at radius 2 is 2.04 bits per heavy atom. The number of hydrogen-bond acceptors (Lipinski definition) is 4. The van der Waals surface area contributed by atoms with E-state index in [9.17, 15) is 4.79 Å². The SMILES string of the molecule is CCc1ccc2c(C3NN(CCCCBr)C(=O)C3(C)C)ccc(OC)c2n1. The number of hydrazine groups is 1. The summed E-state index contributed by atoms with van der Waals surface area (Å²) in [6.07, 6.45) is 2.89. The predicted molar refractivity (Wildman–Crippen MR) is 112 cm³/mol. The Labute approximate surface area is 169 Å². The van der Waals surface area contributed by atoms with Crippen molar-refractivity contribution in [3.05, 3.63) is 35.5 Å². The van der Waals surface area contributed by atoms with Gasteiger partial charge in [0, 0.05) is 23.0 Å². The molecule has 1 atom stereocenters. The quantitative estimate of drug-likeness (QED) is 0.519. The number of carbonyl (C=O) groups is 1. The zero-order chi connectivity index (χ0) is 19.6. The van der Waals surface area contributed by atoms with E-state index in [1.165, 1.54) is 0 Å². The van der Waals surface area contributed by atoms with Gasteiger partial charge in [-0.25, -0.2) is 10.4 Å². The molecule has 3 rings (SSSR count). The van der Waals surface area contributed by atoms with E-state index in [0.29, 0.717) is 0 Å². The van der Waals surface area contributed by atoms with Crippen LogP contribution in [0.15, 0.2) is 24.3 Å². The van der Waals surface area contributed by atoms with Gasteiger partial charge in [0.15, 0.2) is 0 Å². The molecule has 0 aliphatic carbocycles. The van der Waals surface area contributed by atoms with E-state index in [2.05, 4.69) is 46.5 Å². The van der Waals surface area contributed by atoms with Crippen LogP contribution in [0.25, 0.3) is 10.9 Å². The molecule has 0 bridgehead atoms. The topological polar surface area (TPSA) is 54.5 Å². The third kappa shape index (κ3) is 3.69. The monoisotopic (exact) mass is 433 g/mol. The summed E-state index contributed by atoms with van der Waals surface area (Å²) in [5.41, 5.74) is 5.91. The highest BCUT2D eigenvalue weighted by molar-refractivity contribution is 9.09. The van der Waals surface area contributed by atoms with Crippen LogP contribution in [0.1, 0.15) is 50.9 Å². The Kier molecular flexibility index (Phi) is 6.06. The van der Waals surface area contributed by atoms with Gasteiger partial charge in [-0.1, -0.05) is 35.0 Å². The molecule has 1 fully saturated rings. The Hall–Kier alpha value is -1.66. The summed E-state index contributed by atoms with van der Waals surface area (Å²) in [5, 5.41) is 3.78. The highest BCUT2D eigenvalue weighted by atomic mass is 79.9. The van der Waals surface area contributed by atoms with Gasteiger partial charge in [0.1, 0.15) is 11.3 Å². The Morgan fingerprint density at radius 1 is 1.26 bits per heavy atom. The van der Waals surface area contributed by atoms with Gasteiger partial charge in [0.25, 0.3) is 0 Å². The number of fused-ring (bicyclic) bond motifs is 1. The van der Waals surface area contributed by atoms with Gasteiger partial charge in [-0.15, -0.1) is 0 Å². The number of aromatic nitrogens is 1. The van der Waals surface area contributed by atoms with E-state index in [1.54, 1.807) is 12.1 Å². The number of halogens is 1. The molecule has 1 amide bonds. The first-order valence-corrected chi connectivity index (χ1v) is 10.7. The Bertz CT molecular complexity index is 838. The number of aryl methyl sites for hydroxylation is 1. The maximum Gasteiger partial charge on any atom is 0.244 e. The number of carbonyl (C=O) groups excluding carboxylic acids is 1. The van der Waals surface area contributed by atoms with Crippen LogP contribution in [0.3, 0.4) is 0 Å². The first-order valence-electron chi connectivity index (χ1n) is 9.54. The predicted octanol–water partition coefficient (Wildman–Crippen LogP) is 4.40. The maximum absolute atomic E-state index is 13.0. The van der Waals surface area contributed by atoms with Gasteiger partial charge in [-0.05, 0) is 50.8 Å². The summed E-state index contributed by atoms with van der Waals surface area (Å²) in [4.78, 5) is 17.8. The number of nitrogens with one attached hydrogen (secondary N) is 1. The lowest BCUT2D eigenvalue weighted by molar-refractivity contribution is -0.136. The van der Waals surface area contributed by atoms with Crippen LogP contribution in [0.2, 0.25) is 0 Å². The average Bonchev–Trinajstić information content (AvgIpc) is 2.90. The van der Waals surface area contributed by atoms with Crippen LogP contribution >= 0.6 is 15.9 Å². The van der Waals surface area contributed by atoms with Crippen molar-refractivity contribution < 1.29 is 9.53 Å². The van der Waals surface area contributed by atoms with Gasteiger partial charge in [0.05, 0.1) is 18.6 Å². The van der Waals surface area contributed by atoms with Crippen molar-refractivity contribution >= 4 is 32.7 Å². The van der Waals surface area contributed by atoms with Crippen LogP contribution in [0.4, 0.5) is 0 Å². The minimum absolute atomic E-state index is 0.100. The first kappa shape index (κ1) is 20.1.